The van der Waals surface area contributed by atoms with Crippen molar-refractivity contribution < 1.29 is 0 Å². The highest BCUT2D eigenvalue weighted by atomic mass is 15.2. The van der Waals surface area contributed by atoms with Crippen molar-refractivity contribution in [3.8, 4) is 0 Å². The van der Waals surface area contributed by atoms with Crippen molar-refractivity contribution in [2.75, 3.05) is 6.54 Å². The van der Waals surface area contributed by atoms with E-state index in [9.17, 15) is 0 Å². The molecule has 0 aromatic rings. The summed E-state index contributed by atoms with van der Waals surface area (Å²) >= 11 is 0. The average molecular weight is 207 g/mol. The van der Waals surface area contributed by atoms with Crippen LogP contribution in [-0.4, -0.2) is 17.5 Å². The van der Waals surface area contributed by atoms with Crippen molar-refractivity contribution in [2.45, 2.75) is 53.0 Å². The van der Waals surface area contributed by atoms with Gasteiger partial charge in [-0.05, 0) is 31.6 Å². The third-order valence-corrected chi connectivity index (χ3v) is 2.96. The SMILES string of the molecule is C=C(C)C1CCCN1C(=C)CC(C)(C)C. The zero-order valence-electron chi connectivity index (χ0n) is 10.8. The number of hydrogen-bond acceptors (Lipinski definition) is 1. The second-order valence-corrected chi connectivity index (χ2v) is 6.00. The molecule has 0 radical (unpaired) electrons. The summed E-state index contributed by atoms with van der Waals surface area (Å²) in [6.45, 7) is 18.4. The van der Waals surface area contributed by atoms with Gasteiger partial charge in [0.1, 0.15) is 0 Å². The Bertz CT molecular complexity index is 257. The minimum atomic E-state index is 0.333. The summed E-state index contributed by atoms with van der Waals surface area (Å²) in [5.74, 6) is 0. The molecule has 0 aliphatic carbocycles. The summed E-state index contributed by atoms with van der Waals surface area (Å²) < 4.78 is 0. The van der Waals surface area contributed by atoms with Gasteiger partial charge in [-0.1, -0.05) is 39.5 Å². The molecule has 1 nitrogen and oxygen atoms in total. The van der Waals surface area contributed by atoms with E-state index < -0.39 is 0 Å². The van der Waals surface area contributed by atoms with Gasteiger partial charge in [-0.3, -0.25) is 0 Å². The van der Waals surface area contributed by atoms with Gasteiger partial charge in [0.05, 0.1) is 0 Å². The molecule has 0 saturated carbocycles. The van der Waals surface area contributed by atoms with Gasteiger partial charge >= 0.3 is 0 Å². The van der Waals surface area contributed by atoms with Crippen LogP contribution in [0.4, 0.5) is 0 Å². The van der Waals surface area contributed by atoms with E-state index >= 15 is 0 Å². The van der Waals surface area contributed by atoms with Crippen LogP contribution in [0.2, 0.25) is 0 Å². The smallest absolute Gasteiger partial charge is 0.0494 e. The van der Waals surface area contributed by atoms with Crippen LogP contribution in [0.15, 0.2) is 24.4 Å². The Kier molecular flexibility index (Phi) is 3.64. The lowest BCUT2D eigenvalue weighted by Gasteiger charge is -2.32. The largest absolute Gasteiger partial charge is 0.369 e. The predicted octanol–water partition coefficient (Wildman–Crippen LogP) is 3.98. The quantitative estimate of drug-likeness (QED) is 0.633. The van der Waals surface area contributed by atoms with Crippen LogP contribution >= 0.6 is 0 Å². The van der Waals surface area contributed by atoms with E-state index in [1.807, 2.05) is 0 Å². The molecular formula is C14H25N. The summed E-state index contributed by atoms with van der Waals surface area (Å²) in [4.78, 5) is 2.45. The highest BCUT2D eigenvalue weighted by Crippen LogP contribution is 2.32. The summed E-state index contributed by atoms with van der Waals surface area (Å²) in [7, 11) is 0. The first-order valence-corrected chi connectivity index (χ1v) is 5.91. The summed E-state index contributed by atoms with van der Waals surface area (Å²) in [6.07, 6.45) is 3.61. The first-order valence-electron chi connectivity index (χ1n) is 5.91. The minimum absolute atomic E-state index is 0.333. The lowest BCUT2D eigenvalue weighted by molar-refractivity contribution is 0.295. The van der Waals surface area contributed by atoms with Gasteiger partial charge in [0.2, 0.25) is 0 Å². The summed E-state index contributed by atoms with van der Waals surface area (Å²) in [5, 5.41) is 0. The second-order valence-electron chi connectivity index (χ2n) is 6.00. The van der Waals surface area contributed by atoms with Crippen molar-refractivity contribution in [2.24, 2.45) is 5.41 Å². The average Bonchev–Trinajstić information content (AvgIpc) is 2.47. The van der Waals surface area contributed by atoms with Gasteiger partial charge in [0.15, 0.2) is 0 Å². The number of allylic oxidation sites excluding steroid dienone is 1. The van der Waals surface area contributed by atoms with Gasteiger partial charge in [0, 0.05) is 18.3 Å². The molecular weight excluding hydrogens is 182 g/mol. The van der Waals surface area contributed by atoms with Gasteiger partial charge < -0.3 is 4.90 Å². The lowest BCUT2D eigenvalue weighted by Crippen LogP contribution is -2.30. The van der Waals surface area contributed by atoms with Crippen molar-refractivity contribution >= 4 is 0 Å². The van der Waals surface area contributed by atoms with E-state index in [0.717, 1.165) is 13.0 Å². The van der Waals surface area contributed by atoms with Crippen molar-refractivity contribution in [3.05, 3.63) is 24.4 Å². The first-order chi connectivity index (χ1) is 6.81. The number of hydrogen-bond donors (Lipinski definition) is 0. The van der Waals surface area contributed by atoms with E-state index in [0.29, 0.717) is 11.5 Å². The lowest BCUT2D eigenvalue weighted by atomic mass is 9.90. The molecule has 1 atom stereocenters. The zero-order chi connectivity index (χ0) is 11.6. The van der Waals surface area contributed by atoms with E-state index in [4.69, 9.17) is 0 Å². The molecule has 1 heteroatoms. The molecule has 1 fully saturated rings. The van der Waals surface area contributed by atoms with Crippen LogP contribution in [-0.2, 0) is 0 Å². The molecule has 15 heavy (non-hydrogen) atoms. The second kappa shape index (κ2) is 4.42. The standard InChI is InChI=1S/C14H25N/c1-11(2)13-8-7-9-15(13)12(3)10-14(4,5)6/h13H,1,3,7-10H2,2,4-6H3. The maximum atomic E-state index is 4.24. The third kappa shape index (κ3) is 3.40. The van der Waals surface area contributed by atoms with Gasteiger partial charge in [-0.15, -0.1) is 0 Å². The minimum Gasteiger partial charge on any atom is -0.369 e. The van der Waals surface area contributed by atoms with Crippen LogP contribution in [0, 0.1) is 5.41 Å². The molecule has 1 rings (SSSR count). The van der Waals surface area contributed by atoms with E-state index in [1.54, 1.807) is 0 Å². The molecule has 1 aliphatic heterocycles. The van der Waals surface area contributed by atoms with Crippen LogP contribution < -0.4 is 0 Å². The Hall–Kier alpha value is -0.720. The maximum Gasteiger partial charge on any atom is 0.0494 e. The number of nitrogens with zero attached hydrogens (tertiary/aromatic N) is 1. The van der Waals surface area contributed by atoms with Crippen molar-refractivity contribution in [1.29, 1.82) is 0 Å². The molecule has 0 N–H and O–H groups in total. The summed E-state index contributed by atoms with van der Waals surface area (Å²) in [5.41, 5.74) is 2.90. The summed E-state index contributed by atoms with van der Waals surface area (Å²) in [6, 6.07) is 0.542. The Morgan fingerprint density at radius 3 is 2.40 bits per heavy atom. The predicted molar refractivity (Wildman–Crippen MR) is 67.8 cm³/mol. The number of likely N-dealkylation sites (tertiary alicyclic amines) is 1. The van der Waals surface area contributed by atoms with Gasteiger partial charge in [-0.25, -0.2) is 0 Å². The number of rotatable bonds is 3. The molecule has 86 valence electrons. The third-order valence-electron chi connectivity index (χ3n) is 2.96. The molecule has 0 spiro atoms. The highest BCUT2D eigenvalue weighted by molar-refractivity contribution is 5.12. The Morgan fingerprint density at radius 1 is 1.33 bits per heavy atom. The van der Waals surface area contributed by atoms with Crippen molar-refractivity contribution in [3.63, 3.8) is 0 Å². The highest BCUT2D eigenvalue weighted by Gasteiger charge is 2.27. The fourth-order valence-electron chi connectivity index (χ4n) is 2.37. The van der Waals surface area contributed by atoms with E-state index in [1.165, 1.54) is 24.1 Å². The first kappa shape index (κ1) is 12.4. The van der Waals surface area contributed by atoms with Crippen LogP contribution in [0.3, 0.4) is 0 Å². The fraction of sp³-hybridized carbons (Fsp3) is 0.714. The monoisotopic (exact) mass is 207 g/mol. The van der Waals surface area contributed by atoms with Crippen LogP contribution in [0.1, 0.15) is 47.0 Å². The van der Waals surface area contributed by atoms with Gasteiger partial charge in [0.25, 0.3) is 0 Å². The zero-order valence-corrected chi connectivity index (χ0v) is 10.8. The molecule has 0 amide bonds. The molecule has 1 aliphatic rings. The normalized spacial score (nSPS) is 21.9. The fourth-order valence-corrected chi connectivity index (χ4v) is 2.37. The van der Waals surface area contributed by atoms with Gasteiger partial charge in [-0.2, -0.15) is 0 Å². The molecule has 0 aromatic heterocycles. The maximum absolute atomic E-state index is 4.24. The van der Waals surface area contributed by atoms with E-state index in [2.05, 4.69) is 45.8 Å². The molecule has 1 unspecified atom stereocenters. The molecule has 0 aromatic carbocycles. The molecule has 1 saturated heterocycles. The molecule has 1 heterocycles. The van der Waals surface area contributed by atoms with Crippen molar-refractivity contribution in [1.82, 2.24) is 4.90 Å². The Labute approximate surface area is 94.9 Å². The Balaban J connectivity index is 2.63. The molecule has 0 bridgehead atoms. The van der Waals surface area contributed by atoms with Crippen LogP contribution in [0.25, 0.3) is 0 Å². The topological polar surface area (TPSA) is 3.24 Å². The van der Waals surface area contributed by atoms with Crippen LogP contribution in [0.5, 0.6) is 0 Å². The Morgan fingerprint density at radius 2 is 1.93 bits per heavy atom. The van der Waals surface area contributed by atoms with E-state index in [-0.39, 0.29) is 0 Å².